The van der Waals surface area contributed by atoms with Crippen molar-refractivity contribution in [2.45, 2.75) is 32.5 Å². The highest BCUT2D eigenvalue weighted by molar-refractivity contribution is 6.83. The molecular weight excluding hydrogens is 140 g/mol. The highest BCUT2D eigenvalue weighted by Gasteiger charge is 2.24. The van der Waals surface area contributed by atoms with Gasteiger partial charge >= 0.3 is 0 Å². The van der Waals surface area contributed by atoms with Crippen LogP contribution in [0.15, 0.2) is 11.3 Å². The maximum Gasteiger partial charge on any atom is 0.155 e. The lowest BCUT2D eigenvalue weighted by Crippen LogP contribution is -2.22. The highest BCUT2D eigenvalue weighted by Crippen LogP contribution is 2.24. The van der Waals surface area contributed by atoms with E-state index in [0.29, 0.717) is 5.78 Å². The number of allylic oxidation sites excluding steroid dienone is 2. The van der Waals surface area contributed by atoms with Gasteiger partial charge in [0, 0.05) is 6.42 Å². The van der Waals surface area contributed by atoms with Crippen molar-refractivity contribution in [3.05, 3.63) is 11.3 Å². The van der Waals surface area contributed by atoms with Gasteiger partial charge in [-0.15, -0.1) is 0 Å². The minimum atomic E-state index is -1.13. The van der Waals surface area contributed by atoms with Gasteiger partial charge < -0.3 is 0 Å². The molecule has 0 amide bonds. The molecule has 0 saturated heterocycles. The highest BCUT2D eigenvalue weighted by atomic mass is 28.3. The molecule has 0 aromatic carbocycles. The molecule has 1 nitrogen and oxygen atoms in total. The van der Waals surface area contributed by atoms with E-state index < -0.39 is 8.07 Å². The van der Waals surface area contributed by atoms with Crippen molar-refractivity contribution in [1.82, 2.24) is 0 Å². The van der Waals surface area contributed by atoms with Crippen molar-refractivity contribution in [3.63, 3.8) is 0 Å². The third-order valence-corrected chi connectivity index (χ3v) is 4.26. The molecule has 0 fully saturated rings. The first-order valence-electron chi connectivity index (χ1n) is 3.74. The molecule has 2 heteroatoms. The molecule has 1 aliphatic carbocycles. The zero-order valence-electron chi connectivity index (χ0n) is 6.90. The van der Waals surface area contributed by atoms with Gasteiger partial charge in [0.15, 0.2) is 5.78 Å². The molecule has 0 aliphatic heterocycles. The summed E-state index contributed by atoms with van der Waals surface area (Å²) in [7, 11) is -1.13. The van der Waals surface area contributed by atoms with Gasteiger partial charge in [-0.3, -0.25) is 4.79 Å². The smallest absolute Gasteiger partial charge is 0.155 e. The molecular formula is C8H14OSi. The predicted molar refractivity (Wildman–Crippen MR) is 45.7 cm³/mol. The maximum absolute atomic E-state index is 10.8. The van der Waals surface area contributed by atoms with Crippen molar-refractivity contribution in [2.75, 3.05) is 0 Å². The van der Waals surface area contributed by atoms with Gasteiger partial charge in [0.1, 0.15) is 0 Å². The molecule has 0 bridgehead atoms. The number of ketones is 1. The van der Waals surface area contributed by atoms with Gasteiger partial charge in [0.05, 0.1) is 8.07 Å². The van der Waals surface area contributed by atoms with E-state index in [2.05, 4.69) is 19.6 Å². The largest absolute Gasteiger partial charge is 0.295 e. The second-order valence-electron chi connectivity index (χ2n) is 3.89. The Labute approximate surface area is 63.1 Å². The molecule has 0 aromatic heterocycles. The first kappa shape index (κ1) is 7.73. The molecule has 0 heterocycles. The molecule has 0 saturated carbocycles. The molecule has 1 rings (SSSR count). The van der Waals surface area contributed by atoms with Gasteiger partial charge in [-0.2, -0.15) is 0 Å². The van der Waals surface area contributed by atoms with E-state index in [-0.39, 0.29) is 0 Å². The quantitative estimate of drug-likeness (QED) is 0.529. The molecule has 0 radical (unpaired) electrons. The van der Waals surface area contributed by atoms with Crippen LogP contribution in [0.4, 0.5) is 0 Å². The van der Waals surface area contributed by atoms with Crippen LogP contribution >= 0.6 is 0 Å². The van der Waals surface area contributed by atoms with Gasteiger partial charge in [0.25, 0.3) is 0 Å². The number of hydrogen-bond acceptors (Lipinski definition) is 1. The minimum Gasteiger partial charge on any atom is -0.295 e. The van der Waals surface area contributed by atoms with Gasteiger partial charge in [-0.05, 0) is 12.5 Å². The van der Waals surface area contributed by atoms with Crippen molar-refractivity contribution < 1.29 is 4.79 Å². The van der Waals surface area contributed by atoms with E-state index in [1.807, 2.05) is 6.08 Å². The van der Waals surface area contributed by atoms with Crippen molar-refractivity contribution in [2.24, 2.45) is 0 Å². The first-order chi connectivity index (χ1) is 4.50. The van der Waals surface area contributed by atoms with Crippen LogP contribution in [0.1, 0.15) is 12.8 Å². The third-order valence-electron chi connectivity index (χ3n) is 1.94. The molecule has 1 aliphatic rings. The summed E-state index contributed by atoms with van der Waals surface area (Å²) in [4.78, 5) is 10.8. The molecule has 56 valence electrons. The van der Waals surface area contributed by atoms with Crippen LogP contribution in [0, 0.1) is 0 Å². The van der Waals surface area contributed by atoms with Crippen molar-refractivity contribution in [3.8, 4) is 0 Å². The minimum absolute atomic E-state index is 0.331. The summed E-state index contributed by atoms with van der Waals surface area (Å²) in [5.74, 6) is 0.331. The van der Waals surface area contributed by atoms with E-state index in [0.717, 1.165) is 12.8 Å². The molecule has 0 atom stereocenters. The fourth-order valence-electron chi connectivity index (χ4n) is 1.19. The Morgan fingerprint density at radius 3 is 2.10 bits per heavy atom. The zero-order valence-corrected chi connectivity index (χ0v) is 7.90. The van der Waals surface area contributed by atoms with Crippen LogP contribution in [0.5, 0.6) is 0 Å². The first-order valence-corrected chi connectivity index (χ1v) is 7.24. The molecule has 0 unspecified atom stereocenters. The second kappa shape index (κ2) is 2.35. The van der Waals surface area contributed by atoms with Crippen LogP contribution < -0.4 is 0 Å². The maximum atomic E-state index is 10.8. The summed E-state index contributed by atoms with van der Waals surface area (Å²) in [6.07, 6.45) is 3.67. The molecule has 10 heavy (non-hydrogen) atoms. The summed E-state index contributed by atoms with van der Waals surface area (Å²) in [5.41, 5.74) is 0. The van der Waals surface area contributed by atoms with Gasteiger partial charge in [0.2, 0.25) is 0 Å². The normalized spacial score (nSPS) is 19.5. The molecule has 0 spiro atoms. The van der Waals surface area contributed by atoms with E-state index in [4.69, 9.17) is 0 Å². The molecule has 0 aromatic rings. The number of hydrogen-bond donors (Lipinski definition) is 0. The fourth-order valence-corrected chi connectivity index (χ4v) is 2.66. The van der Waals surface area contributed by atoms with Crippen LogP contribution in [0.2, 0.25) is 19.6 Å². The van der Waals surface area contributed by atoms with Gasteiger partial charge in [-0.25, -0.2) is 0 Å². The third kappa shape index (κ3) is 1.57. The average molecular weight is 154 g/mol. The summed E-state index contributed by atoms with van der Waals surface area (Å²) in [5, 5.41) is 1.44. The Kier molecular flexibility index (Phi) is 1.81. The average Bonchev–Trinajstić information content (AvgIpc) is 2.11. The number of carbonyl (C=O) groups excluding carboxylic acids is 1. The lowest BCUT2D eigenvalue weighted by Gasteiger charge is -2.16. The number of rotatable bonds is 1. The lowest BCUT2D eigenvalue weighted by molar-refractivity contribution is -0.114. The van der Waals surface area contributed by atoms with Crippen molar-refractivity contribution in [1.29, 1.82) is 0 Å². The summed E-state index contributed by atoms with van der Waals surface area (Å²) in [6.45, 7) is 6.87. The SMILES string of the molecule is C[Si](C)(C)C1=CC(=O)CC1. The fraction of sp³-hybridized carbons (Fsp3) is 0.625. The topological polar surface area (TPSA) is 17.1 Å². The predicted octanol–water partition coefficient (Wildman–Crippen LogP) is 2.15. The van der Waals surface area contributed by atoms with E-state index >= 15 is 0 Å². The van der Waals surface area contributed by atoms with Crippen LogP contribution in [-0.4, -0.2) is 13.9 Å². The van der Waals surface area contributed by atoms with Crippen molar-refractivity contribution >= 4 is 13.9 Å². The summed E-state index contributed by atoms with van der Waals surface area (Å²) < 4.78 is 0. The van der Waals surface area contributed by atoms with Crippen LogP contribution in [-0.2, 0) is 4.79 Å². The standard InChI is InChI=1S/C8H14OSi/c1-10(2,3)8-5-4-7(9)6-8/h6H,4-5H2,1-3H3. The lowest BCUT2D eigenvalue weighted by atomic mass is 10.3. The zero-order chi connectivity index (χ0) is 7.78. The van der Waals surface area contributed by atoms with Crippen LogP contribution in [0.25, 0.3) is 0 Å². The Bertz CT molecular complexity index is 186. The monoisotopic (exact) mass is 154 g/mol. The van der Waals surface area contributed by atoms with E-state index in [1.54, 1.807) is 0 Å². The van der Waals surface area contributed by atoms with E-state index in [1.165, 1.54) is 5.20 Å². The summed E-state index contributed by atoms with van der Waals surface area (Å²) in [6, 6.07) is 0. The van der Waals surface area contributed by atoms with Crippen LogP contribution in [0.3, 0.4) is 0 Å². The Hall–Kier alpha value is -0.373. The Morgan fingerprint density at radius 2 is 1.90 bits per heavy atom. The molecule has 0 N–H and O–H groups in total. The summed E-state index contributed by atoms with van der Waals surface area (Å²) >= 11 is 0. The second-order valence-corrected chi connectivity index (χ2v) is 9.03. The number of carbonyl (C=O) groups is 1. The Balaban J connectivity index is 2.76. The van der Waals surface area contributed by atoms with E-state index in [9.17, 15) is 4.79 Å². The van der Waals surface area contributed by atoms with Gasteiger partial charge in [-0.1, -0.05) is 24.8 Å². The Morgan fingerprint density at radius 1 is 1.30 bits per heavy atom.